The highest BCUT2D eigenvalue weighted by atomic mass is 35.5. The van der Waals surface area contributed by atoms with E-state index < -0.39 is 41.5 Å². The minimum atomic E-state index is -1.79. The van der Waals surface area contributed by atoms with Gasteiger partial charge in [0, 0.05) is 16.1 Å². The second-order valence-corrected chi connectivity index (χ2v) is 8.38. The summed E-state index contributed by atoms with van der Waals surface area (Å²) in [5.41, 5.74) is 11.6. The van der Waals surface area contributed by atoms with Crippen LogP contribution in [0.5, 0.6) is 0 Å². The van der Waals surface area contributed by atoms with Crippen LogP contribution >= 0.6 is 11.6 Å². The Kier molecular flexibility index (Phi) is 8.05. The maximum atomic E-state index is 14.9. The zero-order chi connectivity index (χ0) is 23.3. The fourth-order valence-electron chi connectivity index (χ4n) is 2.57. The first-order valence-electron chi connectivity index (χ1n) is 9.40. The van der Waals surface area contributed by atoms with E-state index in [1.807, 2.05) is 0 Å². The number of carbonyl (C=O) groups excluding carboxylic acids is 1. The average molecular weight is 456 g/mol. The van der Waals surface area contributed by atoms with Crippen LogP contribution in [0.25, 0.3) is 0 Å². The Morgan fingerprint density at radius 1 is 1.06 bits per heavy atom. The highest BCUT2D eigenvalue weighted by molar-refractivity contribution is 6.30. The van der Waals surface area contributed by atoms with E-state index in [9.17, 15) is 18.0 Å². The number of alkyl halides is 1. The molecule has 0 aliphatic rings. The molecule has 0 aliphatic heterocycles. The molecule has 2 rings (SSSR count). The highest BCUT2D eigenvalue weighted by Gasteiger charge is 2.27. The SMILES string of the molecule is CC(C)(C)NC(=NC(N)C(F)C(N)c1ccc(Cl)cc1)NC(=O)c1ccc(F)c(F)c1. The molecule has 0 heterocycles. The van der Waals surface area contributed by atoms with E-state index in [0.717, 1.165) is 18.2 Å². The Morgan fingerprint density at radius 2 is 1.68 bits per heavy atom. The van der Waals surface area contributed by atoms with E-state index in [1.54, 1.807) is 45.0 Å². The van der Waals surface area contributed by atoms with Crippen LogP contribution in [0, 0.1) is 11.6 Å². The minimum Gasteiger partial charge on any atom is -0.351 e. The number of amides is 1. The Bertz CT molecular complexity index is 947. The summed E-state index contributed by atoms with van der Waals surface area (Å²) >= 11 is 5.83. The molecule has 0 spiro atoms. The van der Waals surface area contributed by atoms with Gasteiger partial charge in [-0.25, -0.2) is 18.2 Å². The third-order valence-electron chi connectivity index (χ3n) is 4.11. The Morgan fingerprint density at radius 3 is 2.23 bits per heavy atom. The molecule has 0 fully saturated rings. The molecule has 0 saturated heterocycles. The zero-order valence-electron chi connectivity index (χ0n) is 17.3. The lowest BCUT2D eigenvalue weighted by molar-refractivity contribution is 0.0974. The van der Waals surface area contributed by atoms with Crippen molar-refractivity contribution < 1.29 is 18.0 Å². The van der Waals surface area contributed by atoms with Crippen molar-refractivity contribution in [3.8, 4) is 0 Å². The zero-order valence-corrected chi connectivity index (χ0v) is 18.1. The third-order valence-corrected chi connectivity index (χ3v) is 4.36. The van der Waals surface area contributed by atoms with Gasteiger partial charge in [-0.1, -0.05) is 23.7 Å². The van der Waals surface area contributed by atoms with Crippen LogP contribution in [0.1, 0.15) is 42.7 Å². The molecule has 10 heteroatoms. The van der Waals surface area contributed by atoms with E-state index in [-0.39, 0.29) is 11.5 Å². The quantitative estimate of drug-likeness (QED) is 0.409. The first-order chi connectivity index (χ1) is 14.4. The van der Waals surface area contributed by atoms with E-state index >= 15 is 0 Å². The van der Waals surface area contributed by atoms with Crippen LogP contribution in [-0.4, -0.2) is 29.7 Å². The molecule has 2 aromatic rings. The summed E-state index contributed by atoms with van der Waals surface area (Å²) in [4.78, 5) is 16.5. The molecule has 3 atom stereocenters. The number of hydrogen-bond acceptors (Lipinski definition) is 4. The average Bonchev–Trinajstić information content (AvgIpc) is 2.68. The summed E-state index contributed by atoms with van der Waals surface area (Å²) in [7, 11) is 0. The van der Waals surface area contributed by atoms with Crippen molar-refractivity contribution in [1.29, 1.82) is 0 Å². The van der Waals surface area contributed by atoms with Crippen molar-refractivity contribution in [3.05, 3.63) is 70.2 Å². The molecule has 6 N–H and O–H groups in total. The largest absolute Gasteiger partial charge is 0.351 e. The predicted octanol–water partition coefficient (Wildman–Crippen LogP) is 3.42. The smallest absolute Gasteiger partial charge is 0.258 e. The fraction of sp³-hybridized carbons (Fsp3) is 0.333. The Hall–Kier alpha value is -2.62. The maximum absolute atomic E-state index is 14.9. The molecule has 1 amide bonds. The monoisotopic (exact) mass is 455 g/mol. The number of aliphatic imine (C=N–C) groups is 1. The van der Waals surface area contributed by atoms with Crippen molar-refractivity contribution >= 4 is 23.5 Å². The van der Waals surface area contributed by atoms with Crippen LogP contribution in [0.15, 0.2) is 47.5 Å². The van der Waals surface area contributed by atoms with Crippen LogP contribution in [0.2, 0.25) is 5.02 Å². The van der Waals surface area contributed by atoms with Gasteiger partial charge in [0.05, 0.1) is 6.04 Å². The van der Waals surface area contributed by atoms with Gasteiger partial charge in [0.1, 0.15) is 6.17 Å². The second kappa shape index (κ2) is 10.1. The van der Waals surface area contributed by atoms with Gasteiger partial charge >= 0.3 is 0 Å². The number of halogens is 4. The minimum absolute atomic E-state index is 0.138. The van der Waals surface area contributed by atoms with Gasteiger partial charge in [-0.15, -0.1) is 0 Å². The van der Waals surface area contributed by atoms with Crippen molar-refractivity contribution in [2.75, 3.05) is 0 Å². The summed E-state index contributed by atoms with van der Waals surface area (Å²) in [5.74, 6) is -3.18. The highest BCUT2D eigenvalue weighted by Crippen LogP contribution is 2.21. The van der Waals surface area contributed by atoms with Gasteiger partial charge in [0.25, 0.3) is 5.91 Å². The summed E-state index contributed by atoms with van der Waals surface area (Å²) in [5, 5.41) is 5.79. The standard InChI is InChI=1S/C21H25ClF3N5O/c1-21(2,3)30-20(29-19(31)12-6-9-14(23)15(24)10-12)28-18(27)16(25)17(26)11-4-7-13(22)8-5-11/h4-10,16-18H,26-27H2,1-3H3,(H2,28,29,30,31). The third kappa shape index (κ3) is 7.23. The molecule has 168 valence electrons. The molecule has 0 bridgehead atoms. The molecule has 0 aromatic heterocycles. The van der Waals surface area contributed by atoms with Gasteiger partial charge < -0.3 is 16.8 Å². The lowest BCUT2D eigenvalue weighted by Crippen LogP contribution is -2.51. The topological polar surface area (TPSA) is 106 Å². The van der Waals surface area contributed by atoms with Gasteiger partial charge in [-0.3, -0.25) is 10.1 Å². The number of nitrogens with two attached hydrogens (primary N) is 2. The molecular formula is C21H25ClF3N5O. The molecule has 0 saturated carbocycles. The summed E-state index contributed by atoms with van der Waals surface area (Å²) in [6, 6.07) is 7.90. The first-order valence-corrected chi connectivity index (χ1v) is 9.78. The lowest BCUT2D eigenvalue weighted by Gasteiger charge is -2.26. The predicted molar refractivity (Wildman–Crippen MR) is 115 cm³/mol. The lowest BCUT2D eigenvalue weighted by atomic mass is 10.0. The number of nitrogens with one attached hydrogen (secondary N) is 2. The molecule has 3 unspecified atom stereocenters. The van der Waals surface area contributed by atoms with Crippen molar-refractivity contribution in [3.63, 3.8) is 0 Å². The van der Waals surface area contributed by atoms with Crippen molar-refractivity contribution in [2.45, 2.75) is 44.7 Å². The van der Waals surface area contributed by atoms with Gasteiger partial charge in [0.15, 0.2) is 23.8 Å². The van der Waals surface area contributed by atoms with Crippen LogP contribution in [0.4, 0.5) is 13.2 Å². The van der Waals surface area contributed by atoms with Crippen molar-refractivity contribution in [1.82, 2.24) is 10.6 Å². The summed E-state index contributed by atoms with van der Waals surface area (Å²) < 4.78 is 41.5. The fourth-order valence-corrected chi connectivity index (χ4v) is 2.70. The first kappa shape index (κ1) is 24.6. The molecule has 0 aliphatic carbocycles. The van der Waals surface area contributed by atoms with E-state index in [0.29, 0.717) is 10.6 Å². The normalized spacial score (nSPS) is 15.2. The molecule has 0 radical (unpaired) electrons. The number of guanidine groups is 1. The van der Waals surface area contributed by atoms with Crippen LogP contribution in [-0.2, 0) is 0 Å². The second-order valence-electron chi connectivity index (χ2n) is 7.95. The molecule has 2 aromatic carbocycles. The van der Waals surface area contributed by atoms with E-state index in [2.05, 4.69) is 15.6 Å². The van der Waals surface area contributed by atoms with Crippen molar-refractivity contribution in [2.24, 2.45) is 16.5 Å². The number of carbonyl (C=O) groups is 1. The Balaban J connectivity index is 2.23. The maximum Gasteiger partial charge on any atom is 0.258 e. The Labute approximate surface area is 183 Å². The van der Waals surface area contributed by atoms with Gasteiger partial charge in [-0.05, 0) is 56.7 Å². The summed E-state index contributed by atoms with van der Waals surface area (Å²) in [6.45, 7) is 5.35. The molecular weight excluding hydrogens is 431 g/mol. The summed E-state index contributed by atoms with van der Waals surface area (Å²) in [6.07, 6.45) is -3.22. The van der Waals surface area contributed by atoms with Gasteiger partial charge in [-0.2, -0.15) is 0 Å². The van der Waals surface area contributed by atoms with E-state index in [1.165, 1.54) is 0 Å². The number of rotatable bonds is 5. The number of benzene rings is 2. The molecule has 31 heavy (non-hydrogen) atoms. The number of hydrogen-bond donors (Lipinski definition) is 4. The number of nitrogens with zero attached hydrogens (tertiary/aromatic N) is 1. The van der Waals surface area contributed by atoms with E-state index in [4.69, 9.17) is 23.1 Å². The van der Waals surface area contributed by atoms with Crippen LogP contribution < -0.4 is 22.1 Å². The van der Waals surface area contributed by atoms with Gasteiger partial charge in [0.2, 0.25) is 0 Å². The van der Waals surface area contributed by atoms with Crippen LogP contribution in [0.3, 0.4) is 0 Å². The molecule has 6 nitrogen and oxygen atoms in total.